The number of hydrogen-bond donors (Lipinski definition) is 4. The van der Waals surface area contributed by atoms with Gasteiger partial charge in [0.1, 0.15) is 63.4 Å². The number of furan rings is 2. The molecule has 2 amide bonds. The highest BCUT2D eigenvalue weighted by atomic mass is 35.5. The maximum absolute atomic E-state index is 12.6. The molecule has 4 aromatic heterocycles. The number of pyridine rings is 2. The maximum atomic E-state index is 12.6. The van der Waals surface area contributed by atoms with Crippen LogP contribution in [0.1, 0.15) is 40.5 Å². The molecule has 298 valence electrons. The number of phenols is 2. The topological polar surface area (TPSA) is 169 Å². The minimum Gasteiger partial charge on any atom is -0.505 e. The van der Waals surface area contributed by atoms with Crippen LogP contribution in [0.2, 0.25) is 10.0 Å². The summed E-state index contributed by atoms with van der Waals surface area (Å²) in [6.07, 6.45) is 4.63. The second-order valence-electron chi connectivity index (χ2n) is 13.1. The average molecular weight is 832 g/mol. The lowest BCUT2D eigenvalue weighted by Crippen LogP contribution is -2.33. The summed E-state index contributed by atoms with van der Waals surface area (Å²) in [6.45, 7) is 1.41. The number of carbonyl (C=O) groups is 2. The molecule has 0 aliphatic rings. The third-order valence-corrected chi connectivity index (χ3v) is 9.65. The molecule has 0 aliphatic carbocycles. The summed E-state index contributed by atoms with van der Waals surface area (Å²) in [5.41, 5.74) is 1.46. The number of halogens is 2. The summed E-state index contributed by atoms with van der Waals surface area (Å²) < 4.78 is 22.3. The first kappa shape index (κ1) is 40.2. The van der Waals surface area contributed by atoms with Gasteiger partial charge in [-0.1, -0.05) is 59.6 Å². The summed E-state index contributed by atoms with van der Waals surface area (Å²) >= 11 is 12.8. The summed E-state index contributed by atoms with van der Waals surface area (Å²) in [4.78, 5) is 33.6. The lowest BCUT2D eigenvalue weighted by Gasteiger charge is -2.20. The molecule has 0 radical (unpaired) electrons. The molecule has 4 N–H and O–H groups in total. The van der Waals surface area contributed by atoms with Crippen LogP contribution in [0.5, 0.6) is 23.0 Å². The van der Waals surface area contributed by atoms with E-state index in [9.17, 15) is 19.8 Å². The van der Waals surface area contributed by atoms with Crippen molar-refractivity contribution in [2.24, 2.45) is 0 Å². The molecule has 12 nitrogen and oxygen atoms in total. The number of fused-ring (bicyclic) bond motifs is 2. The van der Waals surface area contributed by atoms with Gasteiger partial charge in [-0.15, -0.1) is 0 Å². The predicted molar refractivity (Wildman–Crippen MR) is 223 cm³/mol. The molecule has 2 unspecified atom stereocenters. The molecule has 0 fully saturated rings. The average Bonchev–Trinajstić information content (AvgIpc) is 3.97. The third-order valence-electron chi connectivity index (χ3n) is 9.02. The van der Waals surface area contributed by atoms with Crippen LogP contribution in [-0.4, -0.2) is 45.2 Å². The van der Waals surface area contributed by atoms with Crippen LogP contribution in [0.4, 0.5) is 0 Å². The summed E-state index contributed by atoms with van der Waals surface area (Å²) in [5.74, 6) is 1.84. The SMILES string of the molecule is Cc1ccc(C(NC(=O)COc2ccccc2)c2cc(Cl)c3cccnc3c2O)o1.O=C(COc1ccccc1)NC(c1ccco1)c1cc(Cl)c2cccnc2c1O. The monoisotopic (exact) mass is 830 g/mol. The number of phenolic OH excluding ortho intramolecular Hbond substituents is 2. The van der Waals surface area contributed by atoms with Gasteiger partial charge < -0.3 is 39.2 Å². The number of aromatic hydroxyl groups is 2. The first-order valence-electron chi connectivity index (χ1n) is 18.2. The third kappa shape index (κ3) is 9.58. The number of aryl methyl sites for hydroxylation is 1. The number of nitrogens with zero attached hydrogens (tertiary/aromatic N) is 2. The minimum absolute atomic E-state index is 0.0710. The fraction of sp³-hybridized carbons (Fsp3) is 0.111. The van der Waals surface area contributed by atoms with E-state index in [1.807, 2.05) is 36.4 Å². The zero-order valence-corrected chi connectivity index (χ0v) is 32.9. The van der Waals surface area contributed by atoms with Gasteiger partial charge in [0.15, 0.2) is 13.2 Å². The van der Waals surface area contributed by atoms with Crippen LogP contribution >= 0.6 is 23.2 Å². The molecule has 4 heterocycles. The normalized spacial score (nSPS) is 11.9. The molecule has 0 saturated heterocycles. The Kier molecular flexibility index (Phi) is 12.6. The Labute approximate surface area is 348 Å². The van der Waals surface area contributed by atoms with Crippen LogP contribution in [0.3, 0.4) is 0 Å². The Bertz CT molecular complexity index is 2690. The molecule has 0 bridgehead atoms. The highest BCUT2D eigenvalue weighted by molar-refractivity contribution is 6.36. The fourth-order valence-corrected chi connectivity index (χ4v) is 6.80. The number of aromatic nitrogens is 2. The van der Waals surface area contributed by atoms with E-state index in [1.54, 1.807) is 104 Å². The number of rotatable bonds is 12. The maximum Gasteiger partial charge on any atom is 0.258 e. The molecule has 8 rings (SSSR count). The van der Waals surface area contributed by atoms with Crippen molar-refractivity contribution < 1.29 is 38.1 Å². The first-order valence-corrected chi connectivity index (χ1v) is 19.0. The zero-order valence-electron chi connectivity index (χ0n) is 31.3. The Morgan fingerprint density at radius 3 is 1.58 bits per heavy atom. The van der Waals surface area contributed by atoms with Crippen molar-refractivity contribution in [2.75, 3.05) is 13.2 Å². The number of nitrogens with one attached hydrogen (secondary N) is 2. The van der Waals surface area contributed by atoms with E-state index in [4.69, 9.17) is 41.5 Å². The molecule has 8 aromatic rings. The zero-order chi connectivity index (χ0) is 41.3. The van der Waals surface area contributed by atoms with Gasteiger partial charge in [-0.3, -0.25) is 19.6 Å². The highest BCUT2D eigenvalue weighted by Gasteiger charge is 2.27. The Hall–Kier alpha value is -7.02. The van der Waals surface area contributed by atoms with Crippen molar-refractivity contribution in [2.45, 2.75) is 19.0 Å². The van der Waals surface area contributed by atoms with Crippen LogP contribution in [0, 0.1) is 6.92 Å². The second-order valence-corrected chi connectivity index (χ2v) is 13.9. The fourth-order valence-electron chi connectivity index (χ4n) is 6.26. The quantitative estimate of drug-likeness (QED) is 0.0931. The second kappa shape index (κ2) is 18.5. The van der Waals surface area contributed by atoms with Crippen molar-refractivity contribution >= 4 is 56.8 Å². The van der Waals surface area contributed by atoms with E-state index in [0.717, 1.165) is 0 Å². The van der Waals surface area contributed by atoms with Crippen LogP contribution in [0.15, 0.2) is 149 Å². The lowest BCUT2D eigenvalue weighted by atomic mass is 10.0. The van der Waals surface area contributed by atoms with Gasteiger partial charge in [0.05, 0.1) is 16.3 Å². The van der Waals surface area contributed by atoms with Gasteiger partial charge in [-0.05, 0) is 91.9 Å². The van der Waals surface area contributed by atoms with E-state index >= 15 is 0 Å². The van der Waals surface area contributed by atoms with E-state index in [0.29, 0.717) is 71.8 Å². The smallest absolute Gasteiger partial charge is 0.258 e. The number of amides is 2. The van der Waals surface area contributed by atoms with Crippen molar-refractivity contribution in [1.29, 1.82) is 0 Å². The van der Waals surface area contributed by atoms with E-state index in [2.05, 4.69) is 20.6 Å². The summed E-state index contributed by atoms with van der Waals surface area (Å²) in [7, 11) is 0. The van der Waals surface area contributed by atoms with E-state index < -0.39 is 12.1 Å². The van der Waals surface area contributed by atoms with Crippen molar-refractivity contribution in [3.63, 3.8) is 0 Å². The Morgan fingerprint density at radius 2 is 1.14 bits per heavy atom. The minimum atomic E-state index is -0.769. The Morgan fingerprint density at radius 1 is 0.644 bits per heavy atom. The number of ether oxygens (including phenoxy) is 2. The van der Waals surface area contributed by atoms with Crippen molar-refractivity contribution in [1.82, 2.24) is 20.6 Å². The largest absolute Gasteiger partial charge is 0.505 e. The van der Waals surface area contributed by atoms with Gasteiger partial charge in [0.25, 0.3) is 11.8 Å². The van der Waals surface area contributed by atoms with E-state index in [1.165, 1.54) is 6.26 Å². The van der Waals surface area contributed by atoms with Gasteiger partial charge in [-0.2, -0.15) is 0 Å². The number of para-hydroxylation sites is 2. The Balaban J connectivity index is 0.000000179. The van der Waals surface area contributed by atoms with Gasteiger partial charge in [0.2, 0.25) is 0 Å². The van der Waals surface area contributed by atoms with Crippen molar-refractivity contribution in [3.8, 4) is 23.0 Å². The van der Waals surface area contributed by atoms with Gasteiger partial charge >= 0.3 is 0 Å². The molecule has 0 spiro atoms. The molecular weight excluding hydrogens is 795 g/mol. The van der Waals surface area contributed by atoms with Crippen LogP contribution in [-0.2, 0) is 9.59 Å². The number of hydrogen-bond acceptors (Lipinski definition) is 10. The molecular formula is C45H36Cl2N4O8. The summed E-state index contributed by atoms with van der Waals surface area (Å²) in [6, 6.07) is 33.7. The van der Waals surface area contributed by atoms with Crippen LogP contribution in [0.25, 0.3) is 21.8 Å². The molecule has 14 heteroatoms. The first-order chi connectivity index (χ1) is 28.7. The standard InChI is InChI=1S/C23H19ClN2O4.C22H17ClN2O4/c1-14-9-10-19(30-14)21(26-20(27)13-29-15-6-3-2-4-7-15)17-12-18(24)16-8-5-11-25-22(16)23(17)28;23-17-12-16(22(27)21-15(17)8-4-10-24-21)20(18-9-5-11-28-18)25-19(26)13-29-14-6-2-1-3-7-14/h2-12,21,28H,13H2,1H3,(H,26,27);1-12,20,27H,13H2,(H,25,26). The van der Waals surface area contributed by atoms with Crippen molar-refractivity contribution in [3.05, 3.63) is 178 Å². The highest BCUT2D eigenvalue weighted by Crippen LogP contribution is 2.40. The van der Waals surface area contributed by atoms with Gasteiger partial charge in [0, 0.05) is 34.3 Å². The number of benzene rings is 4. The van der Waals surface area contributed by atoms with Gasteiger partial charge in [-0.25, -0.2) is 0 Å². The van der Waals surface area contributed by atoms with Crippen LogP contribution < -0.4 is 20.1 Å². The summed E-state index contributed by atoms with van der Waals surface area (Å²) in [5, 5.41) is 29.5. The molecule has 0 aliphatic heterocycles. The lowest BCUT2D eigenvalue weighted by molar-refractivity contribution is -0.124. The number of carbonyl (C=O) groups excluding carboxylic acids is 2. The predicted octanol–water partition coefficient (Wildman–Crippen LogP) is 9.25. The molecule has 2 atom stereocenters. The molecule has 59 heavy (non-hydrogen) atoms. The van der Waals surface area contributed by atoms with E-state index in [-0.39, 0.29) is 36.5 Å². The molecule has 4 aromatic carbocycles. The molecule has 0 saturated carbocycles.